The topological polar surface area (TPSA) is 387 Å². The summed E-state index contributed by atoms with van der Waals surface area (Å²) in [5, 5.41) is 16.1. The molecule has 16 N–H and O–H groups in total. The van der Waals surface area contributed by atoms with Crippen LogP contribution < -0.4 is 60.6 Å². The van der Waals surface area contributed by atoms with Gasteiger partial charge in [0, 0.05) is 45.1 Å². The summed E-state index contributed by atoms with van der Waals surface area (Å²) in [4.78, 5) is 133. The van der Waals surface area contributed by atoms with Gasteiger partial charge >= 0.3 is 0 Å². The summed E-state index contributed by atoms with van der Waals surface area (Å²) in [5.74, 6) is -6.25. The van der Waals surface area contributed by atoms with Gasteiger partial charge in [0.25, 0.3) is 0 Å². The summed E-state index contributed by atoms with van der Waals surface area (Å²) in [6.45, 7) is 4.73. The minimum absolute atomic E-state index is 0.0170. The molecule has 0 bridgehead atoms. The van der Waals surface area contributed by atoms with Crippen LogP contribution in [0.3, 0.4) is 0 Å². The lowest BCUT2D eigenvalue weighted by molar-refractivity contribution is -0.142. The van der Waals surface area contributed by atoms with Crippen LogP contribution in [0.4, 0.5) is 0 Å². The summed E-state index contributed by atoms with van der Waals surface area (Å²) < 4.78 is 0. The number of primary amides is 1. The average Bonchev–Trinajstić information content (AvgIpc) is 3.73. The van der Waals surface area contributed by atoms with Crippen LogP contribution in [-0.4, -0.2) is 174 Å². The Kier molecular flexibility index (Phi) is 25.4. The van der Waals surface area contributed by atoms with Crippen molar-refractivity contribution in [1.29, 1.82) is 0 Å². The second-order valence-electron chi connectivity index (χ2n) is 16.3. The Morgan fingerprint density at radius 3 is 1.88 bits per heavy atom. The van der Waals surface area contributed by atoms with Gasteiger partial charge in [0.05, 0.1) is 6.54 Å². The minimum Gasteiger partial charge on any atom is -0.370 e. The van der Waals surface area contributed by atoms with Crippen molar-refractivity contribution in [2.75, 3.05) is 56.7 Å². The van der Waals surface area contributed by atoms with E-state index in [0.29, 0.717) is 12.2 Å². The summed E-state index contributed by atoms with van der Waals surface area (Å²) in [6, 6.07) is -8.14. The Balaban J connectivity index is 2.65. The quantitative estimate of drug-likeness (QED) is 0.0324. The molecule has 0 unspecified atom stereocenters. The second kappa shape index (κ2) is 29.5. The molecule has 0 aromatic carbocycles. The van der Waals surface area contributed by atoms with E-state index in [1.54, 1.807) is 0 Å². The fourth-order valence-corrected chi connectivity index (χ4v) is 9.78. The molecule has 7 atom stereocenters. The van der Waals surface area contributed by atoms with Crippen LogP contribution in [0.1, 0.15) is 72.1 Å². The van der Waals surface area contributed by atoms with Crippen LogP contribution in [0.5, 0.6) is 0 Å². The Bertz CT molecular complexity index is 1770. The summed E-state index contributed by atoms with van der Waals surface area (Å²) in [6.07, 6.45) is 3.33. The zero-order valence-electron chi connectivity index (χ0n) is 38.3. The van der Waals surface area contributed by atoms with Gasteiger partial charge in [-0.15, -0.1) is 0 Å². The standard InChI is InChI=1S/C39H69N15O9S3/c1-21(2)17-26-33(59)50-24(10-7-14-46-39(43)44)36(62)53(4)18-30(56)48-27(31(40)57)19-65-66-20-28(47-22(3)55)34(60)51-25(12-16-64-5)37(63)54-15-8-11-29(54)35(61)49-23(32(58)52-26)9-6-13-45-38(41)42/h21,23-29H,6-20H2,1-5H3,(H2,40,57)(H,47,55)(H,48,56)(H,49,61)(H,50,59)(H,51,60)(H,52,58)(H4,41,42,45)(H4,43,44,46)/t23-,24-,25-,26-,27-,28+,29-/m0/s1. The predicted octanol–water partition coefficient (Wildman–Crippen LogP) is -3.85. The molecule has 24 nitrogen and oxygen atoms in total. The van der Waals surface area contributed by atoms with E-state index in [0.717, 1.165) is 26.5 Å². The van der Waals surface area contributed by atoms with Crippen molar-refractivity contribution < 1.29 is 43.2 Å². The minimum atomic E-state index is -1.24. The molecule has 66 heavy (non-hydrogen) atoms. The Labute approximate surface area is 397 Å². The molecule has 0 saturated carbocycles. The third-order valence-corrected chi connectivity index (χ3v) is 13.3. The van der Waals surface area contributed by atoms with Gasteiger partial charge in [-0.05, 0) is 69.3 Å². The highest BCUT2D eigenvalue weighted by atomic mass is 33.1. The maximum Gasteiger partial charge on any atom is 0.245 e. The predicted molar refractivity (Wildman–Crippen MR) is 256 cm³/mol. The van der Waals surface area contributed by atoms with Gasteiger partial charge in [-0.1, -0.05) is 35.4 Å². The highest BCUT2D eigenvalue weighted by Crippen LogP contribution is 2.24. The number of aliphatic imine (C=N–C) groups is 2. The monoisotopic (exact) mass is 987 g/mol. The molecule has 2 saturated heterocycles. The van der Waals surface area contributed by atoms with Crippen molar-refractivity contribution in [2.24, 2.45) is 44.6 Å². The van der Waals surface area contributed by atoms with Crippen molar-refractivity contribution in [1.82, 2.24) is 41.7 Å². The third kappa shape index (κ3) is 20.6. The molecule has 2 rings (SSSR count). The molecule has 2 aliphatic heterocycles. The van der Waals surface area contributed by atoms with Crippen molar-refractivity contribution in [3.8, 4) is 0 Å². The Morgan fingerprint density at radius 1 is 0.758 bits per heavy atom. The van der Waals surface area contributed by atoms with Gasteiger partial charge in [0.2, 0.25) is 53.2 Å². The maximum absolute atomic E-state index is 14.3. The van der Waals surface area contributed by atoms with Crippen molar-refractivity contribution in [3.63, 3.8) is 0 Å². The molecule has 2 aliphatic rings. The van der Waals surface area contributed by atoms with Crippen molar-refractivity contribution in [2.45, 2.75) is 114 Å². The molecule has 2 heterocycles. The van der Waals surface area contributed by atoms with Crippen LogP contribution in [0.25, 0.3) is 0 Å². The van der Waals surface area contributed by atoms with Gasteiger partial charge in [-0.3, -0.25) is 53.1 Å². The Hall–Kier alpha value is -5.18. The molecule has 0 aliphatic carbocycles. The Morgan fingerprint density at radius 2 is 1.30 bits per heavy atom. The van der Waals surface area contributed by atoms with Crippen LogP contribution in [0, 0.1) is 5.92 Å². The van der Waals surface area contributed by atoms with E-state index in [1.807, 2.05) is 20.1 Å². The van der Waals surface area contributed by atoms with E-state index in [-0.39, 0.29) is 93.9 Å². The molecule has 27 heteroatoms. The van der Waals surface area contributed by atoms with E-state index in [1.165, 1.54) is 30.6 Å². The number of nitrogens with two attached hydrogens (primary N) is 5. The number of rotatable bonds is 15. The number of carbonyl (C=O) groups is 9. The number of guanidine groups is 2. The first-order chi connectivity index (χ1) is 31.1. The van der Waals surface area contributed by atoms with E-state index < -0.39 is 102 Å². The van der Waals surface area contributed by atoms with Gasteiger partial charge in [0.1, 0.15) is 42.3 Å². The van der Waals surface area contributed by atoms with Crippen molar-refractivity contribution >= 4 is 98.4 Å². The number of likely N-dealkylation sites (N-methyl/N-ethyl adjacent to an activating group) is 1. The summed E-state index contributed by atoms with van der Waals surface area (Å²) in [7, 11) is 3.52. The van der Waals surface area contributed by atoms with E-state index >= 15 is 0 Å². The van der Waals surface area contributed by atoms with E-state index in [9.17, 15) is 43.2 Å². The van der Waals surface area contributed by atoms with Crippen LogP contribution in [0.2, 0.25) is 0 Å². The third-order valence-electron chi connectivity index (χ3n) is 10.2. The van der Waals surface area contributed by atoms with Crippen LogP contribution >= 0.6 is 33.3 Å². The number of hydrogen-bond donors (Lipinski definition) is 11. The first-order valence-corrected chi connectivity index (χ1v) is 25.5. The molecular weight excluding hydrogens is 919 g/mol. The zero-order chi connectivity index (χ0) is 49.5. The molecule has 0 spiro atoms. The number of hydrogen-bond acceptors (Lipinski definition) is 14. The lowest BCUT2D eigenvalue weighted by Gasteiger charge is -2.31. The SMILES string of the molecule is CSCC[C@@H]1NC(=O)[C@H](NC(C)=O)CSSC[C@@H](C(N)=O)NC(=O)CN(C)C(=O)[C@H](CCCN=C(N)N)NC(=O)[C@H](CC(C)C)NC(=O)[C@H](CCCN=C(N)N)NC(=O)[C@@H]2CCCN2C1=O. The number of amides is 9. The largest absolute Gasteiger partial charge is 0.370 e. The highest BCUT2D eigenvalue weighted by molar-refractivity contribution is 8.76. The van der Waals surface area contributed by atoms with Crippen LogP contribution in [0.15, 0.2) is 9.98 Å². The summed E-state index contributed by atoms with van der Waals surface area (Å²) >= 11 is 1.44. The zero-order valence-corrected chi connectivity index (χ0v) is 40.7. The van der Waals surface area contributed by atoms with Crippen LogP contribution in [-0.2, 0) is 43.2 Å². The average molecular weight is 988 g/mol. The lowest BCUT2D eigenvalue weighted by Crippen LogP contribution is -2.60. The van der Waals surface area contributed by atoms with Gasteiger partial charge < -0.3 is 70.4 Å². The van der Waals surface area contributed by atoms with Gasteiger partial charge in [-0.2, -0.15) is 11.8 Å². The normalized spacial score (nSPS) is 24.8. The molecular formula is C39H69N15O9S3. The molecule has 0 aromatic rings. The fourth-order valence-electron chi connectivity index (χ4n) is 6.97. The fraction of sp³-hybridized carbons (Fsp3) is 0.718. The first-order valence-electron chi connectivity index (χ1n) is 21.6. The number of carbonyl (C=O) groups excluding carboxylic acids is 9. The number of fused-ring (bicyclic) bond motifs is 1. The van der Waals surface area contributed by atoms with Gasteiger partial charge in [0.15, 0.2) is 11.9 Å². The molecule has 9 amide bonds. The van der Waals surface area contributed by atoms with E-state index in [4.69, 9.17) is 28.7 Å². The maximum atomic E-state index is 14.3. The first kappa shape index (κ1) is 56.9. The lowest BCUT2D eigenvalue weighted by atomic mass is 10.0. The van der Waals surface area contributed by atoms with Gasteiger partial charge in [-0.25, -0.2) is 0 Å². The molecule has 0 aromatic heterocycles. The highest BCUT2D eigenvalue weighted by Gasteiger charge is 2.40. The molecule has 372 valence electrons. The second-order valence-corrected chi connectivity index (χ2v) is 19.8. The van der Waals surface area contributed by atoms with E-state index in [2.05, 4.69) is 41.9 Å². The number of nitrogens with one attached hydrogen (secondary N) is 6. The molecule has 0 radical (unpaired) electrons. The number of thioether (sulfide) groups is 1. The molecule has 2 fully saturated rings. The summed E-state index contributed by atoms with van der Waals surface area (Å²) in [5.41, 5.74) is 27.6. The number of nitrogens with zero attached hydrogens (tertiary/aromatic N) is 4. The smallest absolute Gasteiger partial charge is 0.245 e. The van der Waals surface area contributed by atoms with Crippen molar-refractivity contribution in [3.05, 3.63) is 0 Å².